The van der Waals surface area contributed by atoms with Gasteiger partial charge in [-0.2, -0.15) is 8.42 Å². The highest BCUT2D eigenvalue weighted by molar-refractivity contribution is 7.85. The Balaban J connectivity index is 0.000000292. The fraction of sp³-hybridized carbons (Fsp3) is 0.125. The Hall–Kier alpha value is -1.40. The first kappa shape index (κ1) is 12.6. The number of rotatable bonds is 1. The van der Waals surface area contributed by atoms with Crippen LogP contribution in [0.2, 0.25) is 0 Å². The van der Waals surface area contributed by atoms with Crippen molar-refractivity contribution in [2.45, 2.75) is 0 Å². The van der Waals surface area contributed by atoms with Crippen LogP contribution in [0.15, 0.2) is 30.3 Å². The molecule has 3 N–H and O–H groups in total. The van der Waals surface area contributed by atoms with Gasteiger partial charge in [0.2, 0.25) is 5.91 Å². The van der Waals surface area contributed by atoms with E-state index >= 15 is 0 Å². The summed E-state index contributed by atoms with van der Waals surface area (Å²) in [4.78, 5) is 10.4. The number of amides is 1. The summed E-state index contributed by atoms with van der Waals surface area (Å²) in [5, 5.41) is 0. The van der Waals surface area contributed by atoms with Crippen molar-refractivity contribution >= 4 is 16.0 Å². The minimum absolute atomic E-state index is 0.379. The molecule has 0 aliphatic carbocycles. The second kappa shape index (κ2) is 5.36. The summed E-state index contributed by atoms with van der Waals surface area (Å²) in [7, 11) is -3.67. The minimum Gasteiger partial charge on any atom is -0.366 e. The number of nitrogens with two attached hydrogens (primary N) is 1. The fourth-order valence-corrected chi connectivity index (χ4v) is 0.602. The molecule has 5 nitrogen and oxygen atoms in total. The van der Waals surface area contributed by atoms with Crippen LogP contribution in [-0.2, 0) is 10.1 Å². The number of carbonyl (C=O) groups excluding carboxylic acids is 1. The third-order valence-corrected chi connectivity index (χ3v) is 1.06. The number of hydrogen-bond acceptors (Lipinski definition) is 3. The predicted octanol–water partition coefficient (Wildman–Crippen LogP) is 0.290. The normalized spacial score (nSPS) is 9.86. The van der Waals surface area contributed by atoms with Crippen molar-refractivity contribution in [2.75, 3.05) is 6.26 Å². The second-order valence-electron chi connectivity index (χ2n) is 2.46. The quantitative estimate of drug-likeness (QED) is 0.660. The first-order valence-corrected chi connectivity index (χ1v) is 5.43. The monoisotopic (exact) mass is 217 g/mol. The van der Waals surface area contributed by atoms with Crippen LogP contribution in [0.4, 0.5) is 0 Å². The molecule has 0 unspecified atom stereocenters. The van der Waals surface area contributed by atoms with Crippen LogP contribution in [0, 0.1) is 0 Å². The Morgan fingerprint density at radius 2 is 1.64 bits per heavy atom. The summed E-state index contributed by atoms with van der Waals surface area (Å²) >= 11 is 0. The van der Waals surface area contributed by atoms with Crippen molar-refractivity contribution in [3.63, 3.8) is 0 Å². The van der Waals surface area contributed by atoms with Gasteiger partial charge in [-0.15, -0.1) is 0 Å². The maximum atomic E-state index is 10.4. The summed E-state index contributed by atoms with van der Waals surface area (Å²) in [5.74, 6) is -0.379. The van der Waals surface area contributed by atoms with Gasteiger partial charge in [-0.3, -0.25) is 9.35 Å². The predicted molar refractivity (Wildman–Crippen MR) is 52.4 cm³/mol. The molecule has 0 radical (unpaired) electrons. The van der Waals surface area contributed by atoms with Gasteiger partial charge < -0.3 is 5.73 Å². The largest absolute Gasteiger partial charge is 0.366 e. The maximum absolute atomic E-state index is 10.4. The molecule has 0 atom stereocenters. The van der Waals surface area contributed by atoms with Crippen molar-refractivity contribution in [3.8, 4) is 0 Å². The molecule has 0 saturated heterocycles. The molecular weight excluding hydrogens is 206 g/mol. The van der Waals surface area contributed by atoms with E-state index < -0.39 is 10.1 Å². The Labute approximate surface area is 82.3 Å². The van der Waals surface area contributed by atoms with Gasteiger partial charge in [-0.25, -0.2) is 0 Å². The summed E-state index contributed by atoms with van der Waals surface area (Å²) in [6.45, 7) is 0. The topological polar surface area (TPSA) is 97.5 Å². The van der Waals surface area contributed by atoms with Crippen LogP contribution in [0.3, 0.4) is 0 Å². The lowest BCUT2D eigenvalue weighted by Gasteiger charge is -1.89. The number of primary amides is 1. The highest BCUT2D eigenvalue weighted by Gasteiger charge is 1.93. The zero-order valence-corrected chi connectivity index (χ0v) is 8.36. The van der Waals surface area contributed by atoms with Gasteiger partial charge in [0.25, 0.3) is 10.1 Å². The molecule has 0 bridgehead atoms. The van der Waals surface area contributed by atoms with Crippen molar-refractivity contribution in [1.82, 2.24) is 0 Å². The molecule has 1 aromatic carbocycles. The highest BCUT2D eigenvalue weighted by atomic mass is 32.2. The van der Waals surface area contributed by atoms with Crippen molar-refractivity contribution in [1.29, 1.82) is 0 Å². The van der Waals surface area contributed by atoms with Crippen LogP contribution in [0.25, 0.3) is 0 Å². The van der Waals surface area contributed by atoms with Crippen LogP contribution in [0.1, 0.15) is 10.4 Å². The molecular formula is C8H11NO4S. The third kappa shape index (κ3) is 8.69. The number of carbonyl (C=O) groups is 1. The van der Waals surface area contributed by atoms with Crippen molar-refractivity contribution in [3.05, 3.63) is 35.9 Å². The number of benzene rings is 1. The standard InChI is InChI=1S/C7H7NO.CH4O3S/c8-7(9)6-4-2-1-3-5-6;1-5(2,3)4/h1-5H,(H2,8,9);1H3,(H,2,3,4). The van der Waals surface area contributed by atoms with E-state index in [0.717, 1.165) is 0 Å². The lowest BCUT2D eigenvalue weighted by Crippen LogP contribution is -2.09. The van der Waals surface area contributed by atoms with E-state index in [-0.39, 0.29) is 5.91 Å². The minimum atomic E-state index is -3.67. The molecule has 78 valence electrons. The molecule has 0 spiro atoms. The lowest BCUT2D eigenvalue weighted by molar-refractivity contribution is 0.100. The van der Waals surface area contributed by atoms with Gasteiger partial charge in [0.15, 0.2) is 0 Å². The Morgan fingerprint density at radius 1 is 1.29 bits per heavy atom. The van der Waals surface area contributed by atoms with E-state index in [1.165, 1.54) is 0 Å². The van der Waals surface area contributed by atoms with E-state index in [1.54, 1.807) is 24.3 Å². The van der Waals surface area contributed by atoms with Crippen LogP contribution < -0.4 is 5.73 Å². The van der Waals surface area contributed by atoms with E-state index in [1.807, 2.05) is 6.07 Å². The fourth-order valence-electron chi connectivity index (χ4n) is 0.602. The first-order valence-electron chi connectivity index (χ1n) is 3.58. The number of hydrogen-bond donors (Lipinski definition) is 2. The zero-order chi connectivity index (χ0) is 11.2. The molecule has 14 heavy (non-hydrogen) atoms. The lowest BCUT2D eigenvalue weighted by atomic mass is 10.2. The summed E-state index contributed by atoms with van der Waals surface area (Å²) < 4.78 is 25.9. The first-order chi connectivity index (χ1) is 6.30. The van der Waals surface area contributed by atoms with E-state index in [2.05, 4.69) is 0 Å². The maximum Gasteiger partial charge on any atom is 0.261 e. The zero-order valence-electron chi connectivity index (χ0n) is 7.54. The molecule has 1 rings (SSSR count). The summed E-state index contributed by atoms with van der Waals surface area (Å²) in [6, 6.07) is 8.76. The van der Waals surface area contributed by atoms with Crippen molar-refractivity contribution in [2.24, 2.45) is 5.73 Å². The van der Waals surface area contributed by atoms with Gasteiger partial charge >= 0.3 is 0 Å². The van der Waals surface area contributed by atoms with E-state index in [0.29, 0.717) is 11.8 Å². The van der Waals surface area contributed by atoms with Gasteiger partial charge in [0, 0.05) is 5.56 Å². The molecule has 1 amide bonds. The molecule has 1 aromatic rings. The Bertz CT molecular complexity index is 377. The smallest absolute Gasteiger partial charge is 0.261 e. The van der Waals surface area contributed by atoms with Gasteiger partial charge in [-0.1, -0.05) is 18.2 Å². The SMILES string of the molecule is CS(=O)(=O)O.NC(=O)c1ccccc1. The average molecular weight is 217 g/mol. The van der Waals surface area contributed by atoms with Crippen LogP contribution in [-0.4, -0.2) is 25.1 Å². The molecule has 0 heterocycles. The molecule has 0 aromatic heterocycles. The average Bonchev–Trinajstić information content (AvgIpc) is 2.03. The summed E-state index contributed by atoms with van der Waals surface area (Å²) in [6.07, 6.45) is 0.715. The van der Waals surface area contributed by atoms with Gasteiger partial charge in [0.05, 0.1) is 6.26 Å². The Kier molecular flexibility index (Phi) is 4.82. The van der Waals surface area contributed by atoms with Crippen LogP contribution in [0.5, 0.6) is 0 Å². The van der Waals surface area contributed by atoms with Gasteiger partial charge in [0.1, 0.15) is 0 Å². The molecule has 0 fully saturated rings. The highest BCUT2D eigenvalue weighted by Crippen LogP contribution is 1.94. The van der Waals surface area contributed by atoms with Crippen molar-refractivity contribution < 1.29 is 17.8 Å². The Morgan fingerprint density at radius 3 is 1.86 bits per heavy atom. The summed E-state index contributed by atoms with van der Waals surface area (Å²) in [5.41, 5.74) is 5.53. The molecule has 6 heteroatoms. The second-order valence-corrected chi connectivity index (χ2v) is 3.93. The molecule has 0 saturated carbocycles. The molecule has 0 aliphatic rings. The van der Waals surface area contributed by atoms with Gasteiger partial charge in [-0.05, 0) is 12.1 Å². The van der Waals surface area contributed by atoms with E-state index in [4.69, 9.17) is 10.3 Å². The molecule has 0 aliphatic heterocycles. The third-order valence-electron chi connectivity index (χ3n) is 1.06. The van der Waals surface area contributed by atoms with Crippen LogP contribution >= 0.6 is 0 Å². The van der Waals surface area contributed by atoms with E-state index in [9.17, 15) is 13.2 Å².